The van der Waals surface area contributed by atoms with E-state index in [4.69, 9.17) is 4.42 Å². The Morgan fingerprint density at radius 2 is 2.11 bits per heavy atom. The van der Waals surface area contributed by atoms with Crippen LogP contribution < -0.4 is 0 Å². The summed E-state index contributed by atoms with van der Waals surface area (Å²) in [6.45, 7) is 1.92. The van der Waals surface area contributed by atoms with Crippen molar-refractivity contribution in [3.05, 3.63) is 59.0 Å². The van der Waals surface area contributed by atoms with Gasteiger partial charge in [0.15, 0.2) is 0 Å². The molecule has 1 fully saturated rings. The van der Waals surface area contributed by atoms with Crippen molar-refractivity contribution in [1.29, 1.82) is 0 Å². The van der Waals surface area contributed by atoms with E-state index in [1.807, 2.05) is 43.3 Å². The van der Waals surface area contributed by atoms with Gasteiger partial charge < -0.3 is 9.52 Å². The van der Waals surface area contributed by atoms with Crippen LogP contribution in [-0.4, -0.2) is 11.1 Å². The van der Waals surface area contributed by atoms with Gasteiger partial charge in [0.2, 0.25) is 0 Å². The zero-order chi connectivity index (χ0) is 13.5. The number of aryl methyl sites for hydroxylation is 1. The first kappa shape index (κ1) is 12.0. The lowest BCUT2D eigenvalue weighted by atomic mass is 9.93. The van der Waals surface area contributed by atoms with Crippen LogP contribution in [0.2, 0.25) is 0 Å². The summed E-state index contributed by atoms with van der Waals surface area (Å²) in [4.78, 5) is 11.3. The van der Waals surface area contributed by atoms with E-state index in [-0.39, 0.29) is 0 Å². The zero-order valence-electron chi connectivity index (χ0n) is 10.8. The maximum absolute atomic E-state index is 11.3. The molecule has 1 aromatic carbocycles. The fraction of sp³-hybridized carbons (Fsp3) is 0.312. The molecule has 0 saturated heterocycles. The number of carboxylic acids is 1. The first-order chi connectivity index (χ1) is 9.10. The second kappa shape index (κ2) is 4.26. The Balaban J connectivity index is 1.86. The van der Waals surface area contributed by atoms with E-state index in [1.165, 1.54) is 0 Å². The van der Waals surface area contributed by atoms with Gasteiger partial charge in [-0.25, -0.2) is 0 Å². The molecule has 0 radical (unpaired) electrons. The maximum Gasteiger partial charge on any atom is 0.314 e. The molecule has 0 spiro atoms. The lowest BCUT2D eigenvalue weighted by molar-refractivity contribution is -0.140. The molecule has 3 rings (SSSR count). The highest BCUT2D eigenvalue weighted by Crippen LogP contribution is 2.48. The van der Waals surface area contributed by atoms with Crippen LogP contribution in [0.1, 0.15) is 35.5 Å². The van der Waals surface area contributed by atoms with Crippen LogP contribution in [0.5, 0.6) is 0 Å². The molecule has 1 aromatic heterocycles. The number of carboxylic acid groups (broad SMARTS) is 1. The van der Waals surface area contributed by atoms with Crippen molar-refractivity contribution in [2.45, 2.75) is 31.6 Å². The first-order valence-corrected chi connectivity index (χ1v) is 6.48. The molecular formula is C16H16O3. The van der Waals surface area contributed by atoms with Gasteiger partial charge in [0, 0.05) is 6.42 Å². The van der Waals surface area contributed by atoms with E-state index in [0.717, 1.165) is 35.5 Å². The van der Waals surface area contributed by atoms with E-state index in [1.54, 1.807) is 0 Å². The van der Waals surface area contributed by atoms with Gasteiger partial charge in [0.1, 0.15) is 11.5 Å². The topological polar surface area (TPSA) is 50.4 Å². The minimum absolute atomic E-state index is 0.630. The van der Waals surface area contributed by atoms with Crippen LogP contribution in [-0.2, 0) is 16.6 Å². The fourth-order valence-electron chi connectivity index (χ4n) is 2.51. The number of rotatable bonds is 4. The summed E-state index contributed by atoms with van der Waals surface area (Å²) in [5.74, 6) is 1.10. The van der Waals surface area contributed by atoms with Gasteiger partial charge in [-0.3, -0.25) is 4.79 Å². The molecule has 0 atom stereocenters. The summed E-state index contributed by atoms with van der Waals surface area (Å²) in [5.41, 5.74) is 1.38. The molecule has 1 heterocycles. The molecule has 1 N–H and O–H groups in total. The van der Waals surface area contributed by atoms with E-state index in [9.17, 15) is 9.90 Å². The highest BCUT2D eigenvalue weighted by atomic mass is 16.4. The van der Waals surface area contributed by atoms with Gasteiger partial charge in [-0.15, -0.1) is 0 Å². The fourth-order valence-corrected chi connectivity index (χ4v) is 2.51. The predicted octanol–water partition coefficient (Wildman–Crippen LogP) is 3.30. The third kappa shape index (κ3) is 2.16. The number of benzene rings is 1. The van der Waals surface area contributed by atoms with Gasteiger partial charge in [-0.1, -0.05) is 24.3 Å². The maximum atomic E-state index is 11.3. The van der Waals surface area contributed by atoms with E-state index in [0.29, 0.717) is 6.42 Å². The summed E-state index contributed by atoms with van der Waals surface area (Å²) in [6.07, 6.45) is 2.19. The largest absolute Gasteiger partial charge is 0.481 e. The molecular weight excluding hydrogens is 240 g/mol. The Hall–Kier alpha value is -2.03. The van der Waals surface area contributed by atoms with Crippen LogP contribution in [0.15, 0.2) is 40.8 Å². The van der Waals surface area contributed by atoms with Crippen LogP contribution in [0, 0.1) is 6.92 Å². The van der Waals surface area contributed by atoms with Crippen molar-refractivity contribution < 1.29 is 14.3 Å². The van der Waals surface area contributed by atoms with Gasteiger partial charge in [-0.05, 0) is 43.0 Å². The smallest absolute Gasteiger partial charge is 0.314 e. The number of carbonyl (C=O) groups is 1. The highest BCUT2D eigenvalue weighted by Gasteiger charge is 2.51. The second-order valence-corrected chi connectivity index (χ2v) is 5.28. The molecule has 0 unspecified atom stereocenters. The molecule has 1 aliphatic carbocycles. The molecule has 19 heavy (non-hydrogen) atoms. The SMILES string of the molecule is Cc1ccc(Cc2cccc(C3(C(=O)O)CC3)c2)o1. The summed E-state index contributed by atoms with van der Waals surface area (Å²) in [6, 6.07) is 11.8. The summed E-state index contributed by atoms with van der Waals surface area (Å²) < 4.78 is 5.56. The second-order valence-electron chi connectivity index (χ2n) is 5.28. The summed E-state index contributed by atoms with van der Waals surface area (Å²) in [5, 5.41) is 9.32. The molecule has 1 saturated carbocycles. The lowest BCUT2D eigenvalue weighted by Gasteiger charge is -2.11. The number of hydrogen-bond acceptors (Lipinski definition) is 2. The highest BCUT2D eigenvalue weighted by molar-refractivity contribution is 5.84. The van der Waals surface area contributed by atoms with Crippen molar-refractivity contribution in [3.63, 3.8) is 0 Å². The van der Waals surface area contributed by atoms with Crippen molar-refractivity contribution in [2.24, 2.45) is 0 Å². The average molecular weight is 256 g/mol. The Bertz CT molecular complexity index is 620. The number of hydrogen-bond donors (Lipinski definition) is 1. The standard InChI is InChI=1S/C16H16O3/c1-11-5-6-14(19-11)10-12-3-2-4-13(9-12)16(7-8-16)15(17)18/h2-6,9H,7-8,10H2,1H3,(H,17,18). The molecule has 3 nitrogen and oxygen atoms in total. The number of aliphatic carboxylic acids is 1. The van der Waals surface area contributed by atoms with Gasteiger partial charge >= 0.3 is 5.97 Å². The van der Waals surface area contributed by atoms with Crippen LogP contribution in [0.4, 0.5) is 0 Å². The Labute approximate surface area is 111 Å². The first-order valence-electron chi connectivity index (χ1n) is 6.48. The normalized spacial score (nSPS) is 16.3. The Morgan fingerprint density at radius 1 is 1.32 bits per heavy atom. The van der Waals surface area contributed by atoms with E-state index < -0.39 is 11.4 Å². The summed E-state index contributed by atoms with van der Waals surface area (Å²) >= 11 is 0. The van der Waals surface area contributed by atoms with Crippen LogP contribution in [0.25, 0.3) is 0 Å². The van der Waals surface area contributed by atoms with Crippen LogP contribution in [0.3, 0.4) is 0 Å². The van der Waals surface area contributed by atoms with Gasteiger partial charge in [-0.2, -0.15) is 0 Å². The minimum Gasteiger partial charge on any atom is -0.481 e. The molecule has 98 valence electrons. The summed E-state index contributed by atoms with van der Waals surface area (Å²) in [7, 11) is 0. The van der Waals surface area contributed by atoms with Gasteiger partial charge in [0.25, 0.3) is 0 Å². The van der Waals surface area contributed by atoms with E-state index >= 15 is 0 Å². The third-order valence-electron chi connectivity index (χ3n) is 3.81. The van der Waals surface area contributed by atoms with Crippen molar-refractivity contribution >= 4 is 5.97 Å². The van der Waals surface area contributed by atoms with Crippen molar-refractivity contribution in [2.75, 3.05) is 0 Å². The zero-order valence-corrected chi connectivity index (χ0v) is 10.8. The monoisotopic (exact) mass is 256 g/mol. The minimum atomic E-state index is -0.710. The molecule has 0 bridgehead atoms. The average Bonchev–Trinajstić information content (AvgIpc) is 3.10. The molecule has 1 aliphatic rings. The third-order valence-corrected chi connectivity index (χ3v) is 3.81. The molecule has 0 aliphatic heterocycles. The molecule has 3 heteroatoms. The van der Waals surface area contributed by atoms with Gasteiger partial charge in [0.05, 0.1) is 5.41 Å². The van der Waals surface area contributed by atoms with Crippen LogP contribution >= 0.6 is 0 Å². The quantitative estimate of drug-likeness (QED) is 0.913. The van der Waals surface area contributed by atoms with Crippen molar-refractivity contribution in [3.8, 4) is 0 Å². The predicted molar refractivity (Wildman–Crippen MR) is 71.2 cm³/mol. The molecule has 2 aromatic rings. The lowest BCUT2D eigenvalue weighted by Crippen LogP contribution is -2.19. The van der Waals surface area contributed by atoms with E-state index in [2.05, 4.69) is 0 Å². The Morgan fingerprint density at radius 3 is 2.68 bits per heavy atom. The number of furan rings is 1. The Kier molecular flexibility index (Phi) is 2.70. The van der Waals surface area contributed by atoms with Crippen molar-refractivity contribution in [1.82, 2.24) is 0 Å². The molecule has 0 amide bonds.